The van der Waals surface area contributed by atoms with E-state index in [0.29, 0.717) is 25.1 Å². The molecule has 2 aliphatic rings. The van der Waals surface area contributed by atoms with Crippen LogP contribution >= 0.6 is 0 Å². The Morgan fingerprint density at radius 2 is 2.15 bits per heavy atom. The zero-order chi connectivity index (χ0) is 14.5. The van der Waals surface area contributed by atoms with Crippen LogP contribution in [0.5, 0.6) is 0 Å². The van der Waals surface area contributed by atoms with Crippen molar-refractivity contribution in [1.29, 1.82) is 0 Å². The molecule has 1 aliphatic heterocycles. The number of amides is 1. The number of carbonyl (C=O) groups is 2. The minimum absolute atomic E-state index is 0.0455. The zero-order valence-electron chi connectivity index (χ0n) is 12.6. The number of ether oxygens (including phenoxy) is 1. The van der Waals surface area contributed by atoms with Crippen LogP contribution in [0.15, 0.2) is 0 Å². The van der Waals surface area contributed by atoms with Crippen LogP contribution in [0.4, 0.5) is 0 Å². The lowest BCUT2D eigenvalue weighted by molar-refractivity contribution is -0.149. The predicted octanol–water partition coefficient (Wildman–Crippen LogP) is 1.32. The van der Waals surface area contributed by atoms with Gasteiger partial charge in [0.05, 0.1) is 12.5 Å². The number of rotatable bonds is 4. The summed E-state index contributed by atoms with van der Waals surface area (Å²) in [6.45, 7) is 3.09. The van der Waals surface area contributed by atoms with E-state index in [9.17, 15) is 9.59 Å². The van der Waals surface area contributed by atoms with E-state index in [2.05, 4.69) is 5.32 Å². The zero-order valence-corrected chi connectivity index (χ0v) is 12.6. The normalized spacial score (nSPS) is 31.2. The first kappa shape index (κ1) is 15.3. The number of piperidine rings is 1. The minimum Gasteiger partial charge on any atom is -0.466 e. The summed E-state index contributed by atoms with van der Waals surface area (Å²) in [5, 5.41) is 3.63. The van der Waals surface area contributed by atoms with Crippen molar-refractivity contribution in [1.82, 2.24) is 10.2 Å². The molecule has 0 spiro atoms. The third-order valence-electron chi connectivity index (χ3n) is 4.39. The Kier molecular flexibility index (Phi) is 5.40. The molecule has 2 fully saturated rings. The van der Waals surface area contributed by atoms with Crippen LogP contribution in [0.1, 0.15) is 45.4 Å². The summed E-state index contributed by atoms with van der Waals surface area (Å²) >= 11 is 0. The highest BCUT2D eigenvalue weighted by Crippen LogP contribution is 2.26. The highest BCUT2D eigenvalue weighted by Gasteiger charge is 2.31. The van der Waals surface area contributed by atoms with Crippen LogP contribution in [-0.4, -0.2) is 49.1 Å². The Bertz CT molecular complexity index is 359. The summed E-state index contributed by atoms with van der Waals surface area (Å²) in [6.07, 6.45) is 5.53. The van der Waals surface area contributed by atoms with Gasteiger partial charge in [-0.05, 0) is 32.6 Å². The molecule has 1 saturated heterocycles. The Labute approximate surface area is 121 Å². The third kappa shape index (κ3) is 3.95. The average molecular weight is 282 g/mol. The van der Waals surface area contributed by atoms with E-state index < -0.39 is 0 Å². The van der Waals surface area contributed by atoms with Gasteiger partial charge in [0.25, 0.3) is 0 Å². The standard InChI is InChI=1S/C15H26N2O3/c1-3-20-15(19)11-5-4-6-12(9-11)16-13-7-8-14(18)17(2)10-13/h11-13,16H,3-10H2,1-2H3. The molecular formula is C15H26N2O3. The van der Waals surface area contributed by atoms with Crippen LogP contribution in [0.3, 0.4) is 0 Å². The van der Waals surface area contributed by atoms with Gasteiger partial charge in [0.2, 0.25) is 5.91 Å². The van der Waals surface area contributed by atoms with Crippen LogP contribution in [0, 0.1) is 5.92 Å². The highest BCUT2D eigenvalue weighted by molar-refractivity contribution is 5.76. The summed E-state index contributed by atoms with van der Waals surface area (Å²) < 4.78 is 5.13. The van der Waals surface area contributed by atoms with Gasteiger partial charge in [-0.25, -0.2) is 0 Å². The fourth-order valence-electron chi connectivity index (χ4n) is 3.30. The second-order valence-corrected chi connectivity index (χ2v) is 5.99. The van der Waals surface area contributed by atoms with E-state index in [1.807, 2.05) is 14.0 Å². The van der Waals surface area contributed by atoms with Crippen molar-refractivity contribution in [2.24, 2.45) is 5.92 Å². The first-order valence-corrected chi connectivity index (χ1v) is 7.76. The molecule has 0 aromatic rings. The fourth-order valence-corrected chi connectivity index (χ4v) is 3.30. The summed E-state index contributed by atoms with van der Waals surface area (Å²) in [4.78, 5) is 25.1. The molecule has 0 bridgehead atoms. The van der Waals surface area contributed by atoms with Gasteiger partial charge in [0, 0.05) is 32.1 Å². The number of hydrogen-bond donors (Lipinski definition) is 1. The molecule has 3 atom stereocenters. The molecular weight excluding hydrogens is 256 g/mol. The SMILES string of the molecule is CCOC(=O)C1CCCC(NC2CCC(=O)N(C)C2)C1. The van der Waals surface area contributed by atoms with Crippen LogP contribution in [0.25, 0.3) is 0 Å². The second kappa shape index (κ2) is 7.07. The van der Waals surface area contributed by atoms with Gasteiger partial charge < -0.3 is 15.0 Å². The first-order chi connectivity index (χ1) is 9.60. The second-order valence-electron chi connectivity index (χ2n) is 5.99. The topological polar surface area (TPSA) is 58.6 Å². The van der Waals surface area contributed by atoms with E-state index in [1.165, 1.54) is 0 Å². The van der Waals surface area contributed by atoms with E-state index in [-0.39, 0.29) is 17.8 Å². The lowest BCUT2D eigenvalue weighted by atomic mass is 9.85. The third-order valence-corrected chi connectivity index (χ3v) is 4.39. The number of esters is 1. The molecule has 2 rings (SSSR count). The summed E-state index contributed by atoms with van der Waals surface area (Å²) in [5.74, 6) is 0.232. The van der Waals surface area contributed by atoms with Gasteiger partial charge in [-0.1, -0.05) is 6.42 Å². The average Bonchev–Trinajstić information content (AvgIpc) is 2.43. The molecule has 114 valence electrons. The van der Waals surface area contributed by atoms with Crippen molar-refractivity contribution >= 4 is 11.9 Å². The molecule has 1 amide bonds. The Balaban J connectivity index is 1.81. The van der Waals surface area contributed by atoms with E-state index in [0.717, 1.165) is 38.6 Å². The van der Waals surface area contributed by atoms with Gasteiger partial charge in [-0.3, -0.25) is 9.59 Å². The molecule has 1 saturated carbocycles. The molecule has 1 aliphatic carbocycles. The quantitative estimate of drug-likeness (QED) is 0.790. The fraction of sp³-hybridized carbons (Fsp3) is 0.867. The van der Waals surface area contributed by atoms with Crippen LogP contribution in [0.2, 0.25) is 0 Å². The lowest BCUT2D eigenvalue weighted by Gasteiger charge is -2.36. The number of likely N-dealkylation sites (N-methyl/N-ethyl adjacent to an activating group) is 1. The molecule has 20 heavy (non-hydrogen) atoms. The van der Waals surface area contributed by atoms with E-state index in [1.54, 1.807) is 4.90 Å². The van der Waals surface area contributed by atoms with Crippen LogP contribution in [-0.2, 0) is 14.3 Å². The monoisotopic (exact) mass is 282 g/mol. The molecule has 3 unspecified atom stereocenters. The minimum atomic E-state index is -0.0464. The summed E-state index contributed by atoms with van der Waals surface area (Å²) in [5.41, 5.74) is 0. The van der Waals surface area contributed by atoms with Crippen molar-refractivity contribution in [3.8, 4) is 0 Å². The maximum absolute atomic E-state index is 11.8. The Morgan fingerprint density at radius 1 is 1.35 bits per heavy atom. The highest BCUT2D eigenvalue weighted by atomic mass is 16.5. The van der Waals surface area contributed by atoms with Crippen molar-refractivity contribution in [3.05, 3.63) is 0 Å². The van der Waals surface area contributed by atoms with Gasteiger partial charge in [-0.15, -0.1) is 0 Å². The lowest BCUT2D eigenvalue weighted by Crippen LogP contribution is -2.51. The maximum atomic E-state index is 11.8. The Hall–Kier alpha value is -1.10. The predicted molar refractivity (Wildman–Crippen MR) is 76.2 cm³/mol. The van der Waals surface area contributed by atoms with Gasteiger partial charge in [-0.2, -0.15) is 0 Å². The van der Waals surface area contributed by atoms with Crippen molar-refractivity contribution in [3.63, 3.8) is 0 Å². The molecule has 0 aromatic carbocycles. The first-order valence-electron chi connectivity index (χ1n) is 7.76. The maximum Gasteiger partial charge on any atom is 0.308 e. The molecule has 1 N–H and O–H groups in total. The molecule has 5 nitrogen and oxygen atoms in total. The van der Waals surface area contributed by atoms with Gasteiger partial charge in [0.1, 0.15) is 0 Å². The largest absolute Gasteiger partial charge is 0.466 e. The van der Waals surface area contributed by atoms with E-state index >= 15 is 0 Å². The molecule has 1 heterocycles. The number of nitrogens with one attached hydrogen (secondary N) is 1. The summed E-state index contributed by atoms with van der Waals surface area (Å²) in [7, 11) is 1.86. The van der Waals surface area contributed by atoms with Crippen molar-refractivity contribution in [2.45, 2.75) is 57.5 Å². The molecule has 0 radical (unpaired) electrons. The van der Waals surface area contributed by atoms with Gasteiger partial charge in [0.15, 0.2) is 0 Å². The van der Waals surface area contributed by atoms with Crippen LogP contribution < -0.4 is 5.32 Å². The van der Waals surface area contributed by atoms with E-state index in [4.69, 9.17) is 4.74 Å². The number of hydrogen-bond acceptors (Lipinski definition) is 4. The summed E-state index contributed by atoms with van der Waals surface area (Å²) in [6, 6.07) is 0.744. The number of likely N-dealkylation sites (tertiary alicyclic amines) is 1. The number of nitrogens with zero attached hydrogens (tertiary/aromatic N) is 1. The Morgan fingerprint density at radius 3 is 2.85 bits per heavy atom. The molecule has 5 heteroatoms. The van der Waals surface area contributed by atoms with Gasteiger partial charge >= 0.3 is 5.97 Å². The smallest absolute Gasteiger partial charge is 0.308 e. The van der Waals surface area contributed by atoms with Crippen molar-refractivity contribution < 1.29 is 14.3 Å². The van der Waals surface area contributed by atoms with Crippen molar-refractivity contribution in [2.75, 3.05) is 20.2 Å². The molecule has 0 aromatic heterocycles. The number of carbonyl (C=O) groups excluding carboxylic acids is 2.